The van der Waals surface area contributed by atoms with Gasteiger partial charge in [-0.2, -0.15) is 0 Å². The number of benzene rings is 1. The van der Waals surface area contributed by atoms with E-state index in [0.29, 0.717) is 5.69 Å². The summed E-state index contributed by atoms with van der Waals surface area (Å²) in [5.74, 6) is -5.47. The van der Waals surface area contributed by atoms with Gasteiger partial charge in [-0.15, -0.1) is 11.8 Å². The van der Waals surface area contributed by atoms with Gasteiger partial charge in [0.1, 0.15) is 6.04 Å². The molecule has 0 saturated carbocycles. The van der Waals surface area contributed by atoms with Gasteiger partial charge in [-0.25, -0.2) is 4.79 Å². The molecule has 17 heteroatoms. The van der Waals surface area contributed by atoms with E-state index in [1.54, 1.807) is 49.9 Å². The van der Waals surface area contributed by atoms with Crippen molar-refractivity contribution in [1.29, 1.82) is 0 Å². The van der Waals surface area contributed by atoms with Crippen LogP contribution >= 0.6 is 11.8 Å². The number of aliphatic carboxylic acids is 4. The zero-order valence-corrected chi connectivity index (χ0v) is 25.1. The molecule has 1 aliphatic rings. The molecule has 0 spiro atoms. The molecular weight excluding hydrogens is 600 g/mol. The number of thioether (sulfide) groups is 1. The van der Waals surface area contributed by atoms with Crippen molar-refractivity contribution in [2.75, 3.05) is 95.4 Å². The number of carboxylic acids is 4. The summed E-state index contributed by atoms with van der Waals surface area (Å²) in [7, 11) is 0. The van der Waals surface area contributed by atoms with Crippen LogP contribution in [0.5, 0.6) is 0 Å². The summed E-state index contributed by atoms with van der Waals surface area (Å²) >= 11 is 1.05. The summed E-state index contributed by atoms with van der Waals surface area (Å²) in [6, 6.07) is 7.50. The molecule has 1 fully saturated rings. The van der Waals surface area contributed by atoms with E-state index >= 15 is 0 Å². The number of carboxylic acid groups (broad SMARTS) is 4. The van der Waals surface area contributed by atoms with Crippen LogP contribution in [0.25, 0.3) is 0 Å². The number of nitrogens with one attached hydrogen (secondary N) is 2. The second-order valence-corrected chi connectivity index (χ2v) is 11.2. The molecule has 0 aromatic heterocycles. The molecule has 244 valence electrons. The van der Waals surface area contributed by atoms with Crippen LogP contribution in [-0.4, -0.2) is 172 Å². The molecule has 0 aliphatic carbocycles. The number of anilines is 1. The van der Waals surface area contributed by atoms with E-state index < -0.39 is 35.8 Å². The first-order chi connectivity index (χ1) is 20.9. The number of carbonyl (C=O) groups is 6. The van der Waals surface area contributed by atoms with Gasteiger partial charge >= 0.3 is 23.9 Å². The molecule has 1 saturated heterocycles. The van der Waals surface area contributed by atoms with Gasteiger partial charge in [0.05, 0.1) is 31.9 Å². The summed E-state index contributed by atoms with van der Waals surface area (Å²) in [6.07, 6.45) is 0. The second kappa shape index (κ2) is 19.5. The van der Waals surface area contributed by atoms with Crippen molar-refractivity contribution in [3.8, 4) is 0 Å². The lowest BCUT2D eigenvalue weighted by molar-refractivity contribution is -0.141. The predicted molar refractivity (Wildman–Crippen MR) is 161 cm³/mol. The van der Waals surface area contributed by atoms with Crippen LogP contribution in [0.1, 0.15) is 0 Å². The molecule has 2 rings (SSSR count). The van der Waals surface area contributed by atoms with Crippen molar-refractivity contribution in [3.63, 3.8) is 0 Å². The summed E-state index contributed by atoms with van der Waals surface area (Å²) in [6.45, 7) is 0.685. The Morgan fingerprint density at radius 1 is 0.636 bits per heavy atom. The number of hydrogen-bond acceptors (Lipinski definition) is 11. The fourth-order valence-electron chi connectivity index (χ4n) is 4.39. The van der Waals surface area contributed by atoms with E-state index in [2.05, 4.69) is 10.6 Å². The molecule has 2 amide bonds. The molecule has 0 bridgehead atoms. The molecule has 1 atom stereocenters. The third-order valence-electron chi connectivity index (χ3n) is 6.58. The zero-order chi connectivity index (χ0) is 32.5. The number of amides is 2. The molecule has 0 unspecified atom stereocenters. The van der Waals surface area contributed by atoms with Crippen molar-refractivity contribution in [1.82, 2.24) is 24.9 Å². The van der Waals surface area contributed by atoms with Crippen LogP contribution in [0.3, 0.4) is 0 Å². The summed E-state index contributed by atoms with van der Waals surface area (Å²) in [5, 5.41) is 42.8. The van der Waals surface area contributed by atoms with Crippen molar-refractivity contribution in [3.05, 3.63) is 30.3 Å². The maximum Gasteiger partial charge on any atom is 0.327 e. The average Bonchev–Trinajstić information content (AvgIpc) is 2.93. The van der Waals surface area contributed by atoms with Gasteiger partial charge < -0.3 is 31.1 Å². The number of rotatable bonds is 15. The predicted octanol–water partition coefficient (Wildman–Crippen LogP) is -1.60. The molecule has 44 heavy (non-hydrogen) atoms. The number of nitrogens with zero attached hydrogens (tertiary/aromatic N) is 4. The minimum Gasteiger partial charge on any atom is -0.480 e. The van der Waals surface area contributed by atoms with E-state index in [4.69, 9.17) is 0 Å². The van der Waals surface area contributed by atoms with Crippen LogP contribution in [0.2, 0.25) is 0 Å². The highest BCUT2D eigenvalue weighted by Crippen LogP contribution is 2.09. The number of para-hydroxylation sites is 1. The normalized spacial score (nSPS) is 17.0. The van der Waals surface area contributed by atoms with Crippen LogP contribution in [0.4, 0.5) is 5.69 Å². The largest absolute Gasteiger partial charge is 0.480 e. The fourth-order valence-corrected chi connectivity index (χ4v) is 5.23. The lowest BCUT2D eigenvalue weighted by atomic mass is 10.3. The highest BCUT2D eigenvalue weighted by molar-refractivity contribution is 8.00. The molecular formula is C27H40N6O10S. The van der Waals surface area contributed by atoms with Gasteiger partial charge in [0.15, 0.2) is 0 Å². The van der Waals surface area contributed by atoms with E-state index in [9.17, 15) is 49.2 Å². The lowest BCUT2D eigenvalue weighted by Gasteiger charge is -2.33. The summed E-state index contributed by atoms with van der Waals surface area (Å²) < 4.78 is 0. The van der Waals surface area contributed by atoms with E-state index in [1.807, 2.05) is 0 Å². The van der Waals surface area contributed by atoms with Crippen molar-refractivity contribution < 1.29 is 49.2 Å². The molecule has 1 aromatic rings. The van der Waals surface area contributed by atoms with Gasteiger partial charge in [0, 0.05) is 63.8 Å². The maximum atomic E-state index is 12.9. The summed E-state index contributed by atoms with van der Waals surface area (Å²) in [5.41, 5.74) is 0.605. The summed E-state index contributed by atoms with van der Waals surface area (Å²) in [4.78, 5) is 77.7. The quantitative estimate of drug-likeness (QED) is 0.127. The Hall–Kier alpha value is -3.77. The first kappa shape index (κ1) is 36.4. The third-order valence-corrected chi connectivity index (χ3v) is 7.62. The van der Waals surface area contributed by atoms with E-state index in [0.717, 1.165) is 11.8 Å². The fraction of sp³-hybridized carbons (Fsp3) is 0.556. The Bertz CT molecular complexity index is 1100. The highest BCUT2D eigenvalue weighted by atomic mass is 32.2. The SMILES string of the molecule is O=C(O)CN1CCN(CC(=O)O)CCN(CC(=O)N[C@@H](CSCC(=O)Nc2ccccc2)C(=O)O)CCN(CC(=O)O)CC1. The minimum absolute atomic E-state index is 0.0244. The smallest absolute Gasteiger partial charge is 0.327 e. The molecule has 1 aliphatic heterocycles. The zero-order valence-electron chi connectivity index (χ0n) is 24.3. The molecule has 0 radical (unpaired) electrons. The van der Waals surface area contributed by atoms with Crippen molar-refractivity contribution in [2.24, 2.45) is 0 Å². The molecule has 6 N–H and O–H groups in total. The highest BCUT2D eigenvalue weighted by Gasteiger charge is 2.24. The van der Waals surface area contributed by atoms with Crippen molar-refractivity contribution >= 4 is 53.1 Å². The average molecular weight is 641 g/mol. The van der Waals surface area contributed by atoms with Gasteiger partial charge in [-0.1, -0.05) is 18.2 Å². The monoisotopic (exact) mass is 640 g/mol. The second-order valence-electron chi connectivity index (χ2n) is 10.2. The minimum atomic E-state index is -1.27. The van der Waals surface area contributed by atoms with Crippen molar-refractivity contribution in [2.45, 2.75) is 6.04 Å². The van der Waals surface area contributed by atoms with E-state index in [-0.39, 0.29) is 95.9 Å². The Labute approximate surface area is 258 Å². The van der Waals surface area contributed by atoms with Gasteiger partial charge in [0.25, 0.3) is 0 Å². The first-order valence-electron chi connectivity index (χ1n) is 13.9. The van der Waals surface area contributed by atoms with Gasteiger partial charge in [-0.05, 0) is 12.1 Å². The third kappa shape index (κ3) is 15.6. The van der Waals surface area contributed by atoms with Crippen LogP contribution in [0.15, 0.2) is 30.3 Å². The van der Waals surface area contributed by atoms with Gasteiger partial charge in [0.2, 0.25) is 11.8 Å². The van der Waals surface area contributed by atoms with Gasteiger partial charge in [-0.3, -0.25) is 43.6 Å². The Kier molecular flexibility index (Phi) is 16.1. The van der Waals surface area contributed by atoms with E-state index in [1.165, 1.54) is 0 Å². The van der Waals surface area contributed by atoms with Crippen LogP contribution < -0.4 is 10.6 Å². The van der Waals surface area contributed by atoms with Crippen LogP contribution in [0, 0.1) is 0 Å². The van der Waals surface area contributed by atoms with Crippen LogP contribution in [-0.2, 0) is 28.8 Å². The lowest BCUT2D eigenvalue weighted by Crippen LogP contribution is -2.51. The maximum absolute atomic E-state index is 12.9. The first-order valence-corrected chi connectivity index (χ1v) is 15.1. The number of carbonyl (C=O) groups excluding carboxylic acids is 2. The topological polar surface area (TPSA) is 220 Å². The number of hydrogen-bond donors (Lipinski definition) is 6. The molecule has 1 heterocycles. The molecule has 1 aromatic carbocycles. The Balaban J connectivity index is 2.02. The molecule has 16 nitrogen and oxygen atoms in total. The Morgan fingerprint density at radius 2 is 1.05 bits per heavy atom. The standard InChI is InChI=1S/C27H40N6O10S/c34-22(29-21(27(42)43)18-44-19-23(35)28-20-4-2-1-3-5-20)14-30-6-8-31(15-24(36)37)10-12-33(17-26(40)41)13-11-32(9-7-30)16-25(38)39/h1-5,21H,6-19H2,(H,28,35)(H,29,34)(H,36,37)(H,38,39)(H,40,41)(H,42,43)/t21-/m0/s1. The Morgan fingerprint density at radius 3 is 1.43 bits per heavy atom.